The number of rotatable bonds is 13. The molecule has 0 spiro atoms. The van der Waals surface area contributed by atoms with Crippen molar-refractivity contribution in [1.82, 2.24) is 0 Å². The molecule has 0 amide bonds. The lowest BCUT2D eigenvalue weighted by Crippen LogP contribution is -2.39. The van der Waals surface area contributed by atoms with Crippen LogP contribution in [0, 0.1) is 0 Å². The molecule has 1 fully saturated rings. The van der Waals surface area contributed by atoms with E-state index >= 15 is 0 Å². The Balaban J connectivity index is 2.12. The van der Waals surface area contributed by atoms with Crippen molar-refractivity contribution in [1.29, 1.82) is 0 Å². The Bertz CT molecular complexity index is 284. The molecule has 0 N–H and O–H groups in total. The van der Waals surface area contributed by atoms with Crippen LogP contribution in [-0.4, -0.2) is 55.5 Å². The average Bonchev–Trinajstić information content (AvgIpc) is 3.17. The van der Waals surface area contributed by atoms with E-state index in [2.05, 4.69) is 26.2 Å². The van der Waals surface area contributed by atoms with Crippen LogP contribution in [0.25, 0.3) is 0 Å². The molecule has 0 aromatic rings. The maximum atomic E-state index is 11.9. The minimum absolute atomic E-state index is 0.383. The van der Waals surface area contributed by atoms with Crippen molar-refractivity contribution in [3.05, 3.63) is 0 Å². The highest BCUT2D eigenvalue weighted by Crippen LogP contribution is 2.28. The van der Waals surface area contributed by atoms with Gasteiger partial charge in [-0.3, -0.25) is 0 Å². The lowest BCUT2D eigenvalue weighted by molar-refractivity contribution is 0.0583. The number of ether oxygens (including phenoxy) is 3. The standard InChI is InChI=1S/C15H33FO3Si2/c1-20(2,9-5-7-17-11-15-12-19-15)14-21(3,4)10-6-8-18-13-16/h15H,5-14H2,1-4H3. The van der Waals surface area contributed by atoms with Crippen LogP contribution in [0.1, 0.15) is 12.8 Å². The molecule has 1 rings (SSSR count). The lowest BCUT2D eigenvalue weighted by atomic mass is 10.5. The molecular weight excluding hydrogens is 303 g/mol. The smallest absolute Gasteiger partial charge is 0.188 e. The highest BCUT2D eigenvalue weighted by atomic mass is 28.4. The molecule has 1 aliphatic heterocycles. The van der Waals surface area contributed by atoms with E-state index in [-0.39, 0.29) is 0 Å². The van der Waals surface area contributed by atoms with E-state index < -0.39 is 23.0 Å². The van der Waals surface area contributed by atoms with E-state index in [1.54, 1.807) is 0 Å². The van der Waals surface area contributed by atoms with E-state index in [1.807, 2.05) is 0 Å². The first-order valence-corrected chi connectivity index (χ1v) is 15.0. The van der Waals surface area contributed by atoms with Gasteiger partial charge in [0.2, 0.25) is 0 Å². The van der Waals surface area contributed by atoms with E-state index in [9.17, 15) is 4.39 Å². The molecule has 126 valence electrons. The SMILES string of the molecule is C[Si](C)(CCCOCF)C[Si](C)(C)CCCOCC1CO1. The Hall–Kier alpha value is 0.244. The summed E-state index contributed by atoms with van der Waals surface area (Å²) >= 11 is 0. The van der Waals surface area contributed by atoms with Gasteiger partial charge in [0.15, 0.2) is 6.86 Å². The molecule has 1 aliphatic rings. The molecule has 1 atom stereocenters. The van der Waals surface area contributed by atoms with Gasteiger partial charge in [-0.25, -0.2) is 4.39 Å². The molecule has 0 aliphatic carbocycles. The molecule has 6 heteroatoms. The Morgan fingerprint density at radius 1 is 1.00 bits per heavy atom. The predicted molar refractivity (Wildman–Crippen MR) is 91.1 cm³/mol. The maximum Gasteiger partial charge on any atom is 0.188 e. The fraction of sp³-hybridized carbons (Fsp3) is 1.00. The molecule has 21 heavy (non-hydrogen) atoms. The number of halogens is 1. The summed E-state index contributed by atoms with van der Waals surface area (Å²) in [5, 5.41) is 0. The topological polar surface area (TPSA) is 31.0 Å². The summed E-state index contributed by atoms with van der Waals surface area (Å²) < 4.78 is 27.5. The largest absolute Gasteiger partial charge is 0.379 e. The highest BCUT2D eigenvalue weighted by molar-refractivity contribution is 6.95. The van der Waals surface area contributed by atoms with E-state index in [4.69, 9.17) is 14.2 Å². The van der Waals surface area contributed by atoms with Gasteiger partial charge in [0, 0.05) is 29.4 Å². The molecule has 1 unspecified atom stereocenters. The molecule has 0 bridgehead atoms. The van der Waals surface area contributed by atoms with Gasteiger partial charge in [0.25, 0.3) is 0 Å². The number of alkyl halides is 1. The van der Waals surface area contributed by atoms with Crippen molar-refractivity contribution >= 4 is 16.1 Å². The van der Waals surface area contributed by atoms with Crippen molar-refractivity contribution < 1.29 is 18.6 Å². The Morgan fingerprint density at radius 3 is 2.00 bits per heavy atom. The third-order valence-corrected chi connectivity index (χ3v) is 15.1. The van der Waals surface area contributed by atoms with Gasteiger partial charge in [0.05, 0.1) is 13.2 Å². The summed E-state index contributed by atoms with van der Waals surface area (Å²) in [6.07, 6.45) is 2.58. The molecule has 0 aromatic heterocycles. The summed E-state index contributed by atoms with van der Waals surface area (Å²) in [6.45, 7) is 12.4. The van der Waals surface area contributed by atoms with Crippen LogP contribution in [0.2, 0.25) is 43.9 Å². The van der Waals surface area contributed by atoms with Crippen molar-refractivity contribution in [2.75, 3.05) is 33.3 Å². The van der Waals surface area contributed by atoms with Gasteiger partial charge in [-0.2, -0.15) is 0 Å². The third-order valence-electron chi connectivity index (χ3n) is 4.02. The van der Waals surface area contributed by atoms with Gasteiger partial charge in [-0.1, -0.05) is 43.9 Å². The second-order valence-electron chi connectivity index (χ2n) is 7.76. The van der Waals surface area contributed by atoms with E-state index in [1.165, 1.54) is 24.2 Å². The summed E-state index contributed by atoms with van der Waals surface area (Å²) in [5.74, 6) is 0. The monoisotopic (exact) mass is 336 g/mol. The first-order chi connectivity index (χ1) is 9.85. The minimum Gasteiger partial charge on any atom is -0.379 e. The van der Waals surface area contributed by atoms with Crippen LogP contribution in [0.3, 0.4) is 0 Å². The van der Waals surface area contributed by atoms with Crippen LogP contribution in [0.5, 0.6) is 0 Å². The van der Waals surface area contributed by atoms with Crippen molar-refractivity contribution in [3.8, 4) is 0 Å². The van der Waals surface area contributed by atoms with Gasteiger partial charge in [-0.05, 0) is 12.8 Å². The van der Waals surface area contributed by atoms with Crippen molar-refractivity contribution in [2.45, 2.75) is 62.9 Å². The van der Waals surface area contributed by atoms with Crippen molar-refractivity contribution in [2.24, 2.45) is 0 Å². The number of epoxide rings is 1. The molecule has 0 radical (unpaired) electrons. The summed E-state index contributed by atoms with van der Waals surface area (Å²) in [6, 6.07) is 2.59. The van der Waals surface area contributed by atoms with E-state index in [0.717, 1.165) is 26.2 Å². The molecule has 0 aromatic carbocycles. The minimum atomic E-state index is -1.17. The van der Waals surface area contributed by atoms with Crippen LogP contribution in [-0.2, 0) is 14.2 Å². The van der Waals surface area contributed by atoms with Crippen LogP contribution in [0.15, 0.2) is 0 Å². The average molecular weight is 337 g/mol. The second-order valence-corrected chi connectivity index (χ2v) is 18.8. The maximum absolute atomic E-state index is 11.9. The quantitative estimate of drug-likeness (QED) is 0.288. The van der Waals surface area contributed by atoms with Gasteiger partial charge in [-0.15, -0.1) is 0 Å². The fourth-order valence-corrected chi connectivity index (χ4v) is 17.2. The molecule has 0 saturated carbocycles. The second kappa shape index (κ2) is 9.40. The highest BCUT2D eigenvalue weighted by Gasteiger charge is 2.31. The first-order valence-electron chi connectivity index (χ1n) is 8.18. The van der Waals surface area contributed by atoms with Gasteiger partial charge >= 0.3 is 0 Å². The van der Waals surface area contributed by atoms with Crippen LogP contribution in [0.4, 0.5) is 4.39 Å². The molecule has 1 saturated heterocycles. The molecule has 1 heterocycles. The van der Waals surface area contributed by atoms with Gasteiger partial charge < -0.3 is 14.2 Å². The zero-order chi connectivity index (χ0) is 15.8. The zero-order valence-electron chi connectivity index (χ0n) is 14.3. The third kappa shape index (κ3) is 10.6. The summed E-state index contributed by atoms with van der Waals surface area (Å²) in [5.41, 5.74) is 1.45. The zero-order valence-corrected chi connectivity index (χ0v) is 16.3. The Morgan fingerprint density at radius 2 is 1.52 bits per heavy atom. The summed E-state index contributed by atoms with van der Waals surface area (Å²) in [7, 11) is -2.30. The van der Waals surface area contributed by atoms with Crippen molar-refractivity contribution in [3.63, 3.8) is 0 Å². The Kier molecular flexibility index (Phi) is 8.63. The number of hydrogen-bond acceptors (Lipinski definition) is 3. The number of hydrogen-bond donors (Lipinski definition) is 0. The molecule has 3 nitrogen and oxygen atoms in total. The first kappa shape index (κ1) is 19.3. The normalized spacial score (nSPS) is 19.0. The fourth-order valence-electron chi connectivity index (χ4n) is 3.21. The van der Waals surface area contributed by atoms with E-state index in [0.29, 0.717) is 12.7 Å². The Labute approximate surface area is 131 Å². The van der Waals surface area contributed by atoms with Gasteiger partial charge in [0.1, 0.15) is 6.10 Å². The molecular formula is C15H33FO3Si2. The van der Waals surface area contributed by atoms with Crippen LogP contribution >= 0.6 is 0 Å². The van der Waals surface area contributed by atoms with Crippen LogP contribution < -0.4 is 0 Å². The predicted octanol–water partition coefficient (Wildman–Crippen LogP) is 4.08. The lowest BCUT2D eigenvalue weighted by Gasteiger charge is -2.32. The summed E-state index contributed by atoms with van der Waals surface area (Å²) in [4.78, 5) is 0.